The molecule has 2 aromatic rings. The van der Waals surface area contributed by atoms with Gasteiger partial charge in [-0.05, 0) is 48.2 Å². The number of halogens is 1. The molecule has 2 rings (SSSR count). The molecule has 2 aromatic carbocycles. The van der Waals surface area contributed by atoms with Gasteiger partial charge in [-0.2, -0.15) is 11.8 Å². The Morgan fingerprint density at radius 3 is 2.52 bits per heavy atom. The van der Waals surface area contributed by atoms with Crippen LogP contribution in [0.4, 0.5) is 0 Å². The molecule has 0 aliphatic carbocycles. The van der Waals surface area contributed by atoms with Crippen LogP contribution in [0, 0.1) is 0 Å². The highest BCUT2D eigenvalue weighted by molar-refractivity contribution is 7.97. The van der Waals surface area contributed by atoms with Crippen molar-refractivity contribution in [1.29, 1.82) is 0 Å². The van der Waals surface area contributed by atoms with Gasteiger partial charge in [0.1, 0.15) is 0 Å². The predicted molar refractivity (Wildman–Crippen MR) is 92.5 cm³/mol. The van der Waals surface area contributed by atoms with Gasteiger partial charge in [0, 0.05) is 16.3 Å². The summed E-state index contributed by atoms with van der Waals surface area (Å²) in [6.45, 7) is -0.108. The van der Waals surface area contributed by atoms with Crippen molar-refractivity contribution in [3.63, 3.8) is 0 Å². The molecule has 0 aromatic heterocycles. The average Bonchev–Trinajstić information content (AvgIpc) is 2.56. The van der Waals surface area contributed by atoms with E-state index >= 15 is 0 Å². The maximum absolute atomic E-state index is 12.3. The maximum Gasteiger partial charge on any atom is 0.343 e. The van der Waals surface area contributed by atoms with Crippen molar-refractivity contribution in [2.45, 2.75) is 12.4 Å². The Kier molecular flexibility index (Phi) is 6.33. The fourth-order valence-electron chi connectivity index (χ4n) is 2.08. The van der Waals surface area contributed by atoms with Gasteiger partial charge in [0.25, 0.3) is 0 Å². The minimum atomic E-state index is -0.487. The van der Waals surface area contributed by atoms with Crippen LogP contribution < -0.4 is 9.47 Å². The lowest BCUT2D eigenvalue weighted by Gasteiger charge is -2.15. The summed E-state index contributed by atoms with van der Waals surface area (Å²) in [5.41, 5.74) is 1.90. The second kappa shape index (κ2) is 8.24. The number of methoxy groups -OCH3 is 1. The highest BCUT2D eigenvalue weighted by atomic mass is 35.5. The number of aliphatic hydroxyl groups excluding tert-OH is 1. The van der Waals surface area contributed by atoms with E-state index in [2.05, 4.69) is 0 Å². The van der Waals surface area contributed by atoms with Crippen LogP contribution in [0.3, 0.4) is 0 Å². The first kappa shape index (κ1) is 17.7. The fraction of sp³-hybridized carbons (Fsp3) is 0.235. The van der Waals surface area contributed by atoms with Crippen LogP contribution >= 0.6 is 23.4 Å². The van der Waals surface area contributed by atoms with Crippen molar-refractivity contribution in [1.82, 2.24) is 0 Å². The monoisotopic (exact) mass is 352 g/mol. The van der Waals surface area contributed by atoms with E-state index in [9.17, 15) is 9.90 Å². The van der Waals surface area contributed by atoms with Crippen LogP contribution in [0.2, 0.25) is 5.02 Å². The van der Waals surface area contributed by atoms with Crippen LogP contribution in [0.25, 0.3) is 0 Å². The van der Waals surface area contributed by atoms with Crippen molar-refractivity contribution in [3.8, 4) is 11.5 Å². The third kappa shape index (κ3) is 4.41. The molecule has 0 atom stereocenters. The smallest absolute Gasteiger partial charge is 0.343 e. The molecule has 0 saturated carbocycles. The van der Waals surface area contributed by atoms with Gasteiger partial charge in [-0.3, -0.25) is 0 Å². The fourth-order valence-corrected chi connectivity index (χ4v) is 2.73. The van der Waals surface area contributed by atoms with Crippen molar-refractivity contribution in [2.24, 2.45) is 0 Å². The highest BCUT2D eigenvalue weighted by Gasteiger charge is 2.17. The first-order chi connectivity index (χ1) is 11.1. The molecule has 4 nitrogen and oxygen atoms in total. The number of thioether (sulfide) groups is 1. The van der Waals surface area contributed by atoms with E-state index in [0.29, 0.717) is 33.4 Å². The van der Waals surface area contributed by atoms with E-state index in [1.165, 1.54) is 7.11 Å². The third-order valence-corrected chi connectivity index (χ3v) is 4.02. The van der Waals surface area contributed by atoms with Crippen molar-refractivity contribution >= 4 is 29.3 Å². The molecule has 0 aliphatic heterocycles. The average molecular weight is 353 g/mol. The number of benzene rings is 2. The SMILES string of the molecule is COc1cc(CO)cc(CSC)c1OC(=O)c1ccc(Cl)cc1. The molecule has 23 heavy (non-hydrogen) atoms. The Bertz CT molecular complexity index is 686. The molecule has 0 fully saturated rings. The van der Waals surface area contributed by atoms with Gasteiger partial charge in [0.15, 0.2) is 11.5 Å². The minimum absolute atomic E-state index is 0.108. The number of esters is 1. The lowest BCUT2D eigenvalue weighted by atomic mass is 10.1. The summed E-state index contributed by atoms with van der Waals surface area (Å²) < 4.78 is 10.9. The second-order valence-electron chi connectivity index (χ2n) is 4.77. The van der Waals surface area contributed by atoms with Crippen LogP contribution in [0.1, 0.15) is 21.5 Å². The van der Waals surface area contributed by atoms with Crippen LogP contribution in [0.15, 0.2) is 36.4 Å². The molecular formula is C17H17ClO4S. The van der Waals surface area contributed by atoms with E-state index in [0.717, 1.165) is 5.56 Å². The van der Waals surface area contributed by atoms with Crippen molar-refractivity contribution < 1.29 is 19.4 Å². The van der Waals surface area contributed by atoms with Gasteiger partial charge in [0.05, 0.1) is 19.3 Å². The van der Waals surface area contributed by atoms with E-state index in [-0.39, 0.29) is 6.61 Å². The molecule has 0 saturated heterocycles. The Balaban J connectivity index is 2.36. The lowest BCUT2D eigenvalue weighted by molar-refractivity contribution is 0.0728. The van der Waals surface area contributed by atoms with Gasteiger partial charge in [-0.25, -0.2) is 4.79 Å². The minimum Gasteiger partial charge on any atom is -0.493 e. The summed E-state index contributed by atoms with van der Waals surface area (Å²) in [6, 6.07) is 9.94. The zero-order valence-corrected chi connectivity index (χ0v) is 14.4. The molecule has 0 radical (unpaired) electrons. The number of aliphatic hydroxyl groups is 1. The molecule has 0 heterocycles. The molecular weight excluding hydrogens is 336 g/mol. The Morgan fingerprint density at radius 1 is 1.26 bits per heavy atom. The topological polar surface area (TPSA) is 55.8 Å². The zero-order valence-electron chi connectivity index (χ0n) is 12.8. The van der Waals surface area contributed by atoms with E-state index in [1.807, 2.05) is 12.3 Å². The molecule has 6 heteroatoms. The summed E-state index contributed by atoms with van der Waals surface area (Å²) in [6.07, 6.45) is 1.95. The first-order valence-electron chi connectivity index (χ1n) is 6.86. The normalized spacial score (nSPS) is 10.4. The summed E-state index contributed by atoms with van der Waals surface area (Å²) >= 11 is 7.41. The molecule has 0 amide bonds. The van der Waals surface area contributed by atoms with Gasteiger partial charge in [0.2, 0.25) is 0 Å². The Hall–Kier alpha value is -1.69. The van der Waals surface area contributed by atoms with Gasteiger partial charge in [-0.1, -0.05) is 11.6 Å². The van der Waals surface area contributed by atoms with Gasteiger partial charge < -0.3 is 14.6 Å². The summed E-state index contributed by atoms with van der Waals surface area (Å²) in [5, 5.41) is 9.89. The van der Waals surface area contributed by atoms with Gasteiger partial charge in [-0.15, -0.1) is 0 Å². The second-order valence-corrected chi connectivity index (χ2v) is 6.08. The summed E-state index contributed by atoms with van der Waals surface area (Å²) in [4.78, 5) is 12.3. The maximum atomic E-state index is 12.3. The number of rotatable bonds is 6. The molecule has 0 aliphatic rings. The number of carbonyl (C=O) groups is 1. The van der Waals surface area contributed by atoms with E-state index < -0.39 is 5.97 Å². The summed E-state index contributed by atoms with van der Waals surface area (Å²) in [5.74, 6) is 0.939. The molecule has 1 N–H and O–H groups in total. The van der Waals surface area contributed by atoms with E-state index in [4.69, 9.17) is 21.1 Å². The van der Waals surface area contributed by atoms with Crippen molar-refractivity contribution in [3.05, 3.63) is 58.1 Å². The van der Waals surface area contributed by atoms with Crippen LogP contribution in [0.5, 0.6) is 11.5 Å². The Labute approximate surface area is 144 Å². The molecule has 0 unspecified atom stereocenters. The standard InChI is InChI=1S/C17H17ClO4S/c1-21-15-8-11(9-19)7-13(10-23-2)16(15)22-17(20)12-3-5-14(18)6-4-12/h3-8,19H,9-10H2,1-2H3. The lowest BCUT2D eigenvalue weighted by Crippen LogP contribution is -2.11. The van der Waals surface area contributed by atoms with E-state index in [1.54, 1.807) is 42.1 Å². The van der Waals surface area contributed by atoms with Gasteiger partial charge >= 0.3 is 5.97 Å². The zero-order chi connectivity index (χ0) is 16.8. The first-order valence-corrected chi connectivity index (χ1v) is 8.63. The number of carbonyl (C=O) groups excluding carboxylic acids is 1. The molecule has 122 valence electrons. The number of ether oxygens (including phenoxy) is 2. The predicted octanol–water partition coefficient (Wildman–Crippen LogP) is 3.92. The highest BCUT2D eigenvalue weighted by Crippen LogP contribution is 2.35. The molecule has 0 bridgehead atoms. The largest absolute Gasteiger partial charge is 0.493 e. The quantitative estimate of drug-likeness (QED) is 0.630. The molecule has 0 spiro atoms. The Morgan fingerprint density at radius 2 is 1.96 bits per heavy atom. The third-order valence-electron chi connectivity index (χ3n) is 3.17. The van der Waals surface area contributed by atoms with Crippen LogP contribution in [-0.4, -0.2) is 24.4 Å². The van der Waals surface area contributed by atoms with Crippen LogP contribution in [-0.2, 0) is 12.4 Å². The summed E-state index contributed by atoms with van der Waals surface area (Å²) in [7, 11) is 1.50. The number of hydrogen-bond donors (Lipinski definition) is 1. The van der Waals surface area contributed by atoms with Crippen molar-refractivity contribution in [2.75, 3.05) is 13.4 Å². The number of hydrogen-bond acceptors (Lipinski definition) is 5.